The fraction of sp³-hybridized carbons (Fsp3) is 0.191. The lowest BCUT2D eigenvalue weighted by molar-refractivity contribution is -0.142. The zero-order valence-corrected chi connectivity index (χ0v) is 33.2. The van der Waals surface area contributed by atoms with E-state index in [2.05, 4.69) is 21.3 Å². The maximum Gasteiger partial charge on any atom is 0.326 e. The van der Waals surface area contributed by atoms with Gasteiger partial charge in [0.15, 0.2) is 17.6 Å². The van der Waals surface area contributed by atoms with Crippen LogP contribution in [0.2, 0.25) is 10.0 Å². The molecule has 2 aliphatic heterocycles. The maximum absolute atomic E-state index is 14.1. The standard InChI is InChI=1S/C47H38Cl2N4O6/c48-39-14-5-32(19-40(39)49)27-57-38-12-10-35(11-13-38)45-28-58-43-22-36-21-42(53(25-31-15-17-51-18-16-31)26-37(36)23-44(43)59-45)46(54)52-41(47(55)56)20-29-1-6-33(7-2-29)34-8-3-30(24-50)4-9-34/h1-19,22-23,41-42,45H,20-21,25-28H2,(H,52,54)(H,55,56). The maximum atomic E-state index is 14.1. The molecule has 3 atom stereocenters. The van der Waals surface area contributed by atoms with Crippen LogP contribution in [0.15, 0.2) is 128 Å². The summed E-state index contributed by atoms with van der Waals surface area (Å²) in [5.74, 6) is 0.416. The lowest BCUT2D eigenvalue weighted by Crippen LogP contribution is -2.54. The van der Waals surface area contributed by atoms with Crippen molar-refractivity contribution in [3.8, 4) is 34.4 Å². The number of nitrogens with zero attached hydrogens (tertiary/aromatic N) is 3. The Balaban J connectivity index is 0.955. The second-order valence-corrected chi connectivity index (χ2v) is 15.4. The Morgan fingerprint density at radius 2 is 1.54 bits per heavy atom. The van der Waals surface area contributed by atoms with Crippen molar-refractivity contribution >= 4 is 35.1 Å². The van der Waals surface area contributed by atoms with E-state index in [-0.39, 0.29) is 18.4 Å². The van der Waals surface area contributed by atoms with Crippen molar-refractivity contribution in [1.82, 2.24) is 15.2 Å². The topological polar surface area (TPSA) is 134 Å². The number of aromatic nitrogens is 1. The molecule has 0 aliphatic carbocycles. The highest BCUT2D eigenvalue weighted by atomic mass is 35.5. The average molecular weight is 826 g/mol. The summed E-state index contributed by atoms with van der Waals surface area (Å²) in [6.45, 7) is 1.51. The Labute approximate surface area is 351 Å². The van der Waals surface area contributed by atoms with Crippen LogP contribution in [-0.4, -0.2) is 45.6 Å². The molecule has 6 aromatic rings. The van der Waals surface area contributed by atoms with Gasteiger partial charge in [-0.2, -0.15) is 5.26 Å². The van der Waals surface area contributed by atoms with Gasteiger partial charge in [-0.15, -0.1) is 0 Å². The summed E-state index contributed by atoms with van der Waals surface area (Å²) in [5.41, 5.74) is 7.96. The van der Waals surface area contributed by atoms with Crippen LogP contribution >= 0.6 is 23.2 Å². The summed E-state index contributed by atoms with van der Waals surface area (Å²) in [5, 5.41) is 23.2. The lowest BCUT2D eigenvalue weighted by atomic mass is 9.91. The first-order chi connectivity index (χ1) is 28.7. The van der Waals surface area contributed by atoms with Gasteiger partial charge in [-0.05, 0) is 112 Å². The molecule has 8 rings (SSSR count). The number of amides is 1. The first-order valence-corrected chi connectivity index (χ1v) is 19.8. The highest BCUT2D eigenvalue weighted by Gasteiger charge is 2.36. The number of benzene rings is 5. The summed E-state index contributed by atoms with van der Waals surface area (Å²) in [6, 6.07) is 36.0. The third-order valence-electron chi connectivity index (χ3n) is 10.6. The number of pyridine rings is 1. The van der Waals surface area contributed by atoms with E-state index in [9.17, 15) is 14.7 Å². The van der Waals surface area contributed by atoms with E-state index < -0.39 is 18.1 Å². The van der Waals surface area contributed by atoms with Gasteiger partial charge in [-0.25, -0.2) is 4.79 Å². The summed E-state index contributed by atoms with van der Waals surface area (Å²) in [4.78, 5) is 32.9. The highest BCUT2D eigenvalue weighted by Crippen LogP contribution is 2.41. The van der Waals surface area contributed by atoms with E-state index in [1.165, 1.54) is 0 Å². The predicted molar refractivity (Wildman–Crippen MR) is 223 cm³/mol. The Morgan fingerprint density at radius 1 is 0.847 bits per heavy atom. The molecular formula is C47H38Cl2N4O6. The monoisotopic (exact) mass is 824 g/mol. The minimum absolute atomic E-state index is 0.108. The van der Waals surface area contributed by atoms with Gasteiger partial charge in [-0.3, -0.25) is 14.7 Å². The highest BCUT2D eigenvalue weighted by molar-refractivity contribution is 6.42. The molecule has 2 aliphatic rings. The number of nitriles is 1. The number of ether oxygens (including phenoxy) is 3. The van der Waals surface area contributed by atoms with E-state index in [1.807, 2.05) is 91.0 Å². The lowest BCUT2D eigenvalue weighted by Gasteiger charge is -2.37. The van der Waals surface area contributed by atoms with Gasteiger partial charge >= 0.3 is 5.97 Å². The molecule has 0 radical (unpaired) electrons. The first kappa shape index (κ1) is 39.4. The largest absolute Gasteiger partial charge is 0.489 e. The van der Waals surface area contributed by atoms with Crippen molar-refractivity contribution in [1.29, 1.82) is 5.26 Å². The molecule has 3 heterocycles. The quantitative estimate of drug-likeness (QED) is 0.124. The van der Waals surface area contributed by atoms with E-state index in [0.29, 0.717) is 65.6 Å². The third kappa shape index (κ3) is 9.35. The molecule has 12 heteroatoms. The minimum atomic E-state index is -1.15. The number of carboxylic acid groups (broad SMARTS) is 1. The molecule has 3 unspecified atom stereocenters. The molecule has 0 saturated heterocycles. The van der Waals surface area contributed by atoms with E-state index in [1.54, 1.807) is 36.7 Å². The SMILES string of the molecule is N#Cc1ccc(-c2ccc(CC(NC(=O)C3Cc4cc5c(cc4CN3Cc3ccncc3)OC(c3ccc(OCc4ccc(Cl)c(Cl)c4)cc3)CO5)C(=O)O)cc2)cc1. The predicted octanol–water partition coefficient (Wildman–Crippen LogP) is 8.76. The zero-order valence-electron chi connectivity index (χ0n) is 31.7. The summed E-state index contributed by atoms with van der Waals surface area (Å²) in [7, 11) is 0. The number of rotatable bonds is 12. The number of hydrogen-bond acceptors (Lipinski definition) is 8. The number of aliphatic carboxylic acids is 1. The molecule has 5 aromatic carbocycles. The molecule has 2 N–H and O–H groups in total. The number of nitrogens with one attached hydrogen (secondary N) is 1. The van der Waals surface area contributed by atoms with Crippen molar-refractivity contribution in [3.05, 3.63) is 177 Å². The normalized spacial score (nSPS) is 16.3. The molecule has 1 aromatic heterocycles. The van der Waals surface area contributed by atoms with Crippen LogP contribution in [0, 0.1) is 11.3 Å². The van der Waals surface area contributed by atoms with Crippen molar-refractivity contribution < 1.29 is 28.9 Å². The Bertz CT molecular complexity index is 2510. The second-order valence-electron chi connectivity index (χ2n) is 14.6. The van der Waals surface area contributed by atoms with Gasteiger partial charge in [0.25, 0.3) is 0 Å². The number of carboxylic acids is 1. The fourth-order valence-electron chi connectivity index (χ4n) is 7.37. The zero-order chi connectivity index (χ0) is 40.9. The van der Waals surface area contributed by atoms with Gasteiger partial charge in [0.1, 0.15) is 25.0 Å². The van der Waals surface area contributed by atoms with Crippen LogP contribution < -0.4 is 19.5 Å². The Morgan fingerprint density at radius 3 is 2.24 bits per heavy atom. The van der Waals surface area contributed by atoms with Crippen LogP contribution in [-0.2, 0) is 42.1 Å². The van der Waals surface area contributed by atoms with Crippen LogP contribution in [0.4, 0.5) is 0 Å². The number of halogens is 2. The van der Waals surface area contributed by atoms with Gasteiger partial charge in [-0.1, -0.05) is 77.8 Å². The molecule has 0 saturated carbocycles. The Hall–Kier alpha value is -6.38. The van der Waals surface area contributed by atoms with Crippen molar-refractivity contribution in [2.45, 2.75) is 50.7 Å². The first-order valence-electron chi connectivity index (χ1n) is 19.1. The van der Waals surface area contributed by atoms with Gasteiger partial charge in [0.2, 0.25) is 5.91 Å². The van der Waals surface area contributed by atoms with E-state index in [4.69, 9.17) is 42.7 Å². The van der Waals surface area contributed by atoms with Gasteiger partial charge in [0, 0.05) is 31.9 Å². The Kier molecular flexibility index (Phi) is 11.8. The third-order valence-corrected chi connectivity index (χ3v) is 11.3. The van der Waals surface area contributed by atoms with Crippen LogP contribution in [0.5, 0.6) is 17.2 Å². The van der Waals surface area contributed by atoms with Crippen LogP contribution in [0.1, 0.15) is 45.0 Å². The van der Waals surface area contributed by atoms with Gasteiger partial charge in [0.05, 0.1) is 27.7 Å². The summed E-state index contributed by atoms with van der Waals surface area (Å²) < 4.78 is 18.7. The molecule has 59 heavy (non-hydrogen) atoms. The number of carbonyl (C=O) groups excluding carboxylic acids is 1. The smallest absolute Gasteiger partial charge is 0.326 e. The summed E-state index contributed by atoms with van der Waals surface area (Å²) >= 11 is 12.2. The number of carbonyl (C=O) groups is 2. The fourth-order valence-corrected chi connectivity index (χ4v) is 7.69. The van der Waals surface area contributed by atoms with E-state index in [0.717, 1.165) is 44.5 Å². The van der Waals surface area contributed by atoms with Gasteiger partial charge < -0.3 is 24.6 Å². The molecule has 296 valence electrons. The van der Waals surface area contributed by atoms with Crippen LogP contribution in [0.25, 0.3) is 11.1 Å². The minimum Gasteiger partial charge on any atom is -0.489 e. The molecular weight excluding hydrogens is 787 g/mol. The molecule has 0 bridgehead atoms. The molecule has 10 nitrogen and oxygen atoms in total. The second kappa shape index (κ2) is 17.6. The molecule has 1 amide bonds. The molecule has 0 fully saturated rings. The number of hydrogen-bond donors (Lipinski definition) is 2. The average Bonchev–Trinajstić information content (AvgIpc) is 3.26. The van der Waals surface area contributed by atoms with Crippen molar-refractivity contribution in [2.75, 3.05) is 6.61 Å². The molecule has 0 spiro atoms. The van der Waals surface area contributed by atoms with Crippen molar-refractivity contribution in [2.24, 2.45) is 0 Å². The van der Waals surface area contributed by atoms with Crippen LogP contribution in [0.3, 0.4) is 0 Å². The van der Waals surface area contributed by atoms with Crippen molar-refractivity contribution in [3.63, 3.8) is 0 Å². The van der Waals surface area contributed by atoms with E-state index >= 15 is 0 Å². The summed E-state index contributed by atoms with van der Waals surface area (Å²) in [6.07, 6.45) is 3.54. The number of fused-ring (bicyclic) bond motifs is 2.